The average molecular weight is 284 g/mol. The van der Waals surface area contributed by atoms with Crippen molar-refractivity contribution in [3.05, 3.63) is 60.2 Å². The minimum Gasteiger partial charge on any atom is -0.453 e. The first kappa shape index (κ1) is 14.9. The Balaban J connectivity index is 2.06. The fraction of sp³-hybridized carbons (Fsp3) is 0.235. The van der Waals surface area contributed by atoms with Crippen LogP contribution in [0.25, 0.3) is 0 Å². The quantitative estimate of drug-likeness (QED) is 0.905. The normalized spacial score (nSPS) is 10.0. The van der Waals surface area contributed by atoms with Crippen molar-refractivity contribution in [2.24, 2.45) is 0 Å². The van der Waals surface area contributed by atoms with Gasteiger partial charge in [0.15, 0.2) is 0 Å². The molecule has 4 heteroatoms. The molecule has 0 fully saturated rings. The highest BCUT2D eigenvalue weighted by molar-refractivity contribution is 5.84. The number of benzene rings is 2. The van der Waals surface area contributed by atoms with Gasteiger partial charge < -0.3 is 9.64 Å². The number of hydrogen-bond donors (Lipinski definition) is 1. The van der Waals surface area contributed by atoms with Crippen LogP contribution < -0.4 is 10.2 Å². The molecule has 0 saturated carbocycles. The molecule has 110 valence electrons. The molecule has 0 aliphatic heterocycles. The summed E-state index contributed by atoms with van der Waals surface area (Å²) in [5.41, 5.74) is 3.12. The lowest BCUT2D eigenvalue weighted by molar-refractivity contribution is 0.187. The SMILES string of the molecule is CCN(Cc1ccccc1)c1ccc(NC(=O)OC)cc1. The van der Waals surface area contributed by atoms with Crippen molar-refractivity contribution in [1.29, 1.82) is 0 Å². The summed E-state index contributed by atoms with van der Waals surface area (Å²) in [6.07, 6.45) is -0.459. The summed E-state index contributed by atoms with van der Waals surface area (Å²) in [5, 5.41) is 2.65. The largest absolute Gasteiger partial charge is 0.453 e. The van der Waals surface area contributed by atoms with E-state index in [1.807, 2.05) is 42.5 Å². The second-order valence-electron chi connectivity index (χ2n) is 4.66. The van der Waals surface area contributed by atoms with E-state index in [-0.39, 0.29) is 0 Å². The van der Waals surface area contributed by atoms with Crippen molar-refractivity contribution >= 4 is 17.5 Å². The van der Waals surface area contributed by atoms with Crippen LogP contribution in [0.3, 0.4) is 0 Å². The topological polar surface area (TPSA) is 41.6 Å². The number of hydrogen-bond acceptors (Lipinski definition) is 3. The molecule has 1 amide bonds. The zero-order valence-electron chi connectivity index (χ0n) is 12.4. The third kappa shape index (κ3) is 4.24. The monoisotopic (exact) mass is 284 g/mol. The Hall–Kier alpha value is -2.49. The number of nitrogens with zero attached hydrogens (tertiary/aromatic N) is 1. The molecule has 0 heterocycles. The number of carbonyl (C=O) groups is 1. The zero-order chi connectivity index (χ0) is 15.1. The van der Waals surface area contributed by atoms with Gasteiger partial charge in [0.2, 0.25) is 0 Å². The molecule has 0 aromatic heterocycles. The predicted molar refractivity (Wildman–Crippen MR) is 85.6 cm³/mol. The van der Waals surface area contributed by atoms with Gasteiger partial charge in [0.25, 0.3) is 0 Å². The number of nitrogens with one attached hydrogen (secondary N) is 1. The van der Waals surface area contributed by atoms with Crippen LogP contribution >= 0.6 is 0 Å². The lowest BCUT2D eigenvalue weighted by Crippen LogP contribution is -2.21. The highest BCUT2D eigenvalue weighted by atomic mass is 16.5. The molecule has 2 aromatic rings. The van der Waals surface area contributed by atoms with Crippen LogP contribution in [0.1, 0.15) is 12.5 Å². The van der Waals surface area contributed by atoms with Gasteiger partial charge in [0.1, 0.15) is 0 Å². The maximum Gasteiger partial charge on any atom is 0.411 e. The van der Waals surface area contributed by atoms with Crippen LogP contribution in [0, 0.1) is 0 Å². The predicted octanol–water partition coefficient (Wildman–Crippen LogP) is 3.89. The molecular formula is C17H20N2O2. The average Bonchev–Trinajstić information content (AvgIpc) is 2.54. The van der Waals surface area contributed by atoms with E-state index in [4.69, 9.17) is 0 Å². The van der Waals surface area contributed by atoms with E-state index in [9.17, 15) is 4.79 Å². The van der Waals surface area contributed by atoms with Crippen LogP contribution in [0.15, 0.2) is 54.6 Å². The molecule has 0 spiro atoms. The van der Waals surface area contributed by atoms with Crippen LogP contribution in [-0.4, -0.2) is 19.7 Å². The zero-order valence-corrected chi connectivity index (χ0v) is 12.4. The fourth-order valence-electron chi connectivity index (χ4n) is 2.11. The smallest absolute Gasteiger partial charge is 0.411 e. The molecule has 0 atom stereocenters. The number of carbonyl (C=O) groups excluding carboxylic acids is 1. The molecule has 0 radical (unpaired) electrons. The molecule has 2 aromatic carbocycles. The summed E-state index contributed by atoms with van der Waals surface area (Å²) < 4.78 is 4.57. The van der Waals surface area contributed by atoms with E-state index in [1.54, 1.807) is 0 Å². The Morgan fingerprint density at radius 3 is 2.33 bits per heavy atom. The molecule has 0 aliphatic carbocycles. The summed E-state index contributed by atoms with van der Waals surface area (Å²) in [4.78, 5) is 13.4. The van der Waals surface area contributed by atoms with E-state index >= 15 is 0 Å². The van der Waals surface area contributed by atoms with Gasteiger partial charge >= 0.3 is 6.09 Å². The highest BCUT2D eigenvalue weighted by Crippen LogP contribution is 2.20. The third-order valence-electron chi connectivity index (χ3n) is 3.26. The Kier molecular flexibility index (Phi) is 5.21. The Bertz CT molecular complexity index is 567. The van der Waals surface area contributed by atoms with Gasteiger partial charge in [0, 0.05) is 24.5 Å². The van der Waals surface area contributed by atoms with Gasteiger partial charge in [-0.15, -0.1) is 0 Å². The summed E-state index contributed by atoms with van der Waals surface area (Å²) in [6.45, 7) is 3.91. The maximum absolute atomic E-state index is 11.2. The summed E-state index contributed by atoms with van der Waals surface area (Å²) in [5.74, 6) is 0. The Labute approximate surface area is 125 Å². The lowest BCUT2D eigenvalue weighted by atomic mass is 10.2. The third-order valence-corrected chi connectivity index (χ3v) is 3.26. The van der Waals surface area contributed by atoms with Crippen LogP contribution in [-0.2, 0) is 11.3 Å². The molecular weight excluding hydrogens is 264 g/mol. The molecule has 1 N–H and O–H groups in total. The van der Waals surface area contributed by atoms with Gasteiger partial charge in [-0.3, -0.25) is 5.32 Å². The van der Waals surface area contributed by atoms with Crippen molar-refractivity contribution in [2.75, 3.05) is 23.9 Å². The van der Waals surface area contributed by atoms with E-state index in [0.29, 0.717) is 0 Å². The van der Waals surface area contributed by atoms with Crippen LogP contribution in [0.4, 0.5) is 16.2 Å². The number of rotatable bonds is 5. The Morgan fingerprint density at radius 2 is 1.76 bits per heavy atom. The summed E-state index contributed by atoms with van der Waals surface area (Å²) in [6, 6.07) is 18.1. The van der Waals surface area contributed by atoms with E-state index in [1.165, 1.54) is 12.7 Å². The van der Waals surface area contributed by atoms with Gasteiger partial charge in [-0.1, -0.05) is 30.3 Å². The van der Waals surface area contributed by atoms with Crippen molar-refractivity contribution in [1.82, 2.24) is 0 Å². The molecule has 0 saturated heterocycles. The summed E-state index contributed by atoms with van der Waals surface area (Å²) in [7, 11) is 1.35. The van der Waals surface area contributed by atoms with Gasteiger partial charge in [-0.25, -0.2) is 4.79 Å². The van der Waals surface area contributed by atoms with E-state index in [2.05, 4.69) is 34.0 Å². The number of amides is 1. The molecule has 0 aliphatic rings. The highest BCUT2D eigenvalue weighted by Gasteiger charge is 2.06. The maximum atomic E-state index is 11.2. The van der Waals surface area contributed by atoms with E-state index < -0.39 is 6.09 Å². The second kappa shape index (κ2) is 7.33. The summed E-state index contributed by atoms with van der Waals surface area (Å²) >= 11 is 0. The minimum atomic E-state index is -0.459. The van der Waals surface area contributed by atoms with Gasteiger partial charge in [-0.05, 0) is 36.8 Å². The standard InChI is InChI=1S/C17H20N2O2/c1-3-19(13-14-7-5-4-6-8-14)16-11-9-15(10-12-16)18-17(20)21-2/h4-12H,3,13H2,1-2H3,(H,18,20). The van der Waals surface area contributed by atoms with Gasteiger partial charge in [-0.2, -0.15) is 0 Å². The van der Waals surface area contributed by atoms with Crippen LogP contribution in [0.5, 0.6) is 0 Å². The second-order valence-corrected chi connectivity index (χ2v) is 4.66. The molecule has 0 unspecified atom stereocenters. The molecule has 2 rings (SSSR count). The molecule has 0 bridgehead atoms. The van der Waals surface area contributed by atoms with Crippen molar-refractivity contribution in [3.63, 3.8) is 0 Å². The van der Waals surface area contributed by atoms with E-state index in [0.717, 1.165) is 24.5 Å². The minimum absolute atomic E-state index is 0.459. The van der Waals surface area contributed by atoms with Crippen molar-refractivity contribution < 1.29 is 9.53 Å². The number of ether oxygens (including phenoxy) is 1. The number of anilines is 2. The first-order valence-electron chi connectivity index (χ1n) is 6.97. The van der Waals surface area contributed by atoms with Gasteiger partial charge in [0.05, 0.1) is 7.11 Å². The number of methoxy groups -OCH3 is 1. The van der Waals surface area contributed by atoms with Crippen molar-refractivity contribution in [3.8, 4) is 0 Å². The first-order valence-corrected chi connectivity index (χ1v) is 6.97. The Morgan fingerprint density at radius 1 is 1.10 bits per heavy atom. The molecule has 4 nitrogen and oxygen atoms in total. The lowest BCUT2D eigenvalue weighted by Gasteiger charge is -2.23. The van der Waals surface area contributed by atoms with Crippen molar-refractivity contribution in [2.45, 2.75) is 13.5 Å². The van der Waals surface area contributed by atoms with Crippen LogP contribution in [0.2, 0.25) is 0 Å². The first-order chi connectivity index (χ1) is 10.2. The molecule has 21 heavy (non-hydrogen) atoms. The fourth-order valence-corrected chi connectivity index (χ4v) is 2.11.